The number of nitrogens with two attached hydrogens (primary N) is 1. The van der Waals surface area contributed by atoms with E-state index < -0.39 is 0 Å². The van der Waals surface area contributed by atoms with Crippen molar-refractivity contribution < 1.29 is 4.79 Å². The maximum atomic E-state index is 12.3. The van der Waals surface area contributed by atoms with Gasteiger partial charge in [-0.15, -0.1) is 0 Å². The molecule has 3 N–H and O–H groups in total. The maximum Gasteiger partial charge on any atom is 0.257 e. The van der Waals surface area contributed by atoms with E-state index in [4.69, 9.17) is 5.73 Å². The lowest BCUT2D eigenvalue weighted by molar-refractivity contribution is 0.102. The van der Waals surface area contributed by atoms with Crippen molar-refractivity contribution in [2.24, 2.45) is 7.05 Å². The highest BCUT2D eigenvalue weighted by Gasteiger charge is 2.15. The molecule has 1 amide bonds. The summed E-state index contributed by atoms with van der Waals surface area (Å²) in [6.07, 6.45) is 0. The van der Waals surface area contributed by atoms with Gasteiger partial charge >= 0.3 is 0 Å². The number of nitrogens with zero attached hydrogens (tertiary/aromatic N) is 2. The van der Waals surface area contributed by atoms with Crippen LogP contribution >= 0.6 is 0 Å². The van der Waals surface area contributed by atoms with Crippen LogP contribution in [0, 0.1) is 20.8 Å². The van der Waals surface area contributed by atoms with Gasteiger partial charge in [-0.2, -0.15) is 5.10 Å². The molecule has 1 heterocycles. The van der Waals surface area contributed by atoms with Gasteiger partial charge < -0.3 is 11.1 Å². The third kappa shape index (κ3) is 2.45. The minimum Gasteiger partial charge on any atom is -0.398 e. The number of carbonyl (C=O) groups is 1. The van der Waals surface area contributed by atoms with E-state index in [1.54, 1.807) is 16.8 Å². The van der Waals surface area contributed by atoms with Crippen LogP contribution in [0.4, 0.5) is 11.4 Å². The Morgan fingerprint density at radius 2 is 2.00 bits per heavy atom. The molecule has 0 radical (unpaired) electrons. The van der Waals surface area contributed by atoms with Crippen molar-refractivity contribution in [3.63, 3.8) is 0 Å². The Morgan fingerprint density at radius 3 is 2.58 bits per heavy atom. The van der Waals surface area contributed by atoms with Crippen LogP contribution in [0.1, 0.15) is 27.3 Å². The van der Waals surface area contributed by atoms with Crippen molar-refractivity contribution in [1.82, 2.24) is 9.78 Å². The number of aromatic nitrogens is 2. The number of aryl methyl sites for hydroxylation is 3. The Hall–Kier alpha value is -2.30. The van der Waals surface area contributed by atoms with E-state index in [1.165, 1.54) is 0 Å². The second kappa shape index (κ2) is 4.76. The molecule has 0 aliphatic rings. The van der Waals surface area contributed by atoms with Gasteiger partial charge in [-0.05, 0) is 32.9 Å². The van der Waals surface area contributed by atoms with Gasteiger partial charge in [0.05, 0.1) is 22.6 Å². The van der Waals surface area contributed by atoms with Crippen LogP contribution in [0.2, 0.25) is 0 Å². The smallest absolute Gasteiger partial charge is 0.257 e. The van der Waals surface area contributed by atoms with Crippen LogP contribution in [0.3, 0.4) is 0 Å². The summed E-state index contributed by atoms with van der Waals surface area (Å²) in [6.45, 7) is 5.70. The molecular formula is C14H18N4O. The largest absolute Gasteiger partial charge is 0.398 e. The third-order valence-corrected chi connectivity index (χ3v) is 3.20. The zero-order valence-electron chi connectivity index (χ0n) is 11.6. The Morgan fingerprint density at radius 1 is 1.32 bits per heavy atom. The minimum absolute atomic E-state index is 0.208. The molecule has 0 spiro atoms. The number of carbonyl (C=O) groups excluding carboxylic acids is 1. The number of benzene rings is 1. The fourth-order valence-corrected chi connectivity index (χ4v) is 2.00. The molecule has 1 aromatic heterocycles. The van der Waals surface area contributed by atoms with Gasteiger partial charge in [-0.3, -0.25) is 9.48 Å². The number of hydrogen-bond acceptors (Lipinski definition) is 3. The zero-order chi connectivity index (χ0) is 14.2. The van der Waals surface area contributed by atoms with E-state index in [9.17, 15) is 4.79 Å². The standard InChI is InChI=1S/C14H18N4O/c1-8-5-6-12(15)11(7-8)14(19)16-13-9(2)17-18(4)10(13)3/h5-7H,15H2,1-4H3,(H,16,19). The van der Waals surface area contributed by atoms with E-state index >= 15 is 0 Å². The van der Waals surface area contributed by atoms with Gasteiger partial charge in [-0.1, -0.05) is 11.6 Å². The molecule has 2 rings (SSSR count). The summed E-state index contributed by atoms with van der Waals surface area (Å²) in [5, 5.41) is 7.15. The fraction of sp³-hybridized carbons (Fsp3) is 0.286. The molecule has 5 nitrogen and oxygen atoms in total. The quantitative estimate of drug-likeness (QED) is 0.811. The number of nitrogens with one attached hydrogen (secondary N) is 1. The molecule has 1 aromatic carbocycles. The first-order valence-electron chi connectivity index (χ1n) is 6.08. The number of nitrogen functional groups attached to an aromatic ring is 1. The number of hydrogen-bond donors (Lipinski definition) is 2. The minimum atomic E-state index is -0.208. The Kier molecular flexibility index (Phi) is 3.29. The molecule has 0 fully saturated rings. The highest BCUT2D eigenvalue weighted by Crippen LogP contribution is 2.21. The topological polar surface area (TPSA) is 72.9 Å². The van der Waals surface area contributed by atoms with Gasteiger partial charge in [0.1, 0.15) is 0 Å². The summed E-state index contributed by atoms with van der Waals surface area (Å²) in [7, 11) is 1.85. The summed E-state index contributed by atoms with van der Waals surface area (Å²) in [5.74, 6) is -0.208. The lowest BCUT2D eigenvalue weighted by Crippen LogP contribution is -2.15. The van der Waals surface area contributed by atoms with Crippen molar-refractivity contribution >= 4 is 17.3 Å². The van der Waals surface area contributed by atoms with Gasteiger partial charge in [0.15, 0.2) is 0 Å². The number of rotatable bonds is 2. The molecule has 19 heavy (non-hydrogen) atoms. The predicted octanol–water partition coefficient (Wildman–Crippen LogP) is 2.18. The Labute approximate surface area is 112 Å². The molecule has 0 bridgehead atoms. The molecule has 2 aromatic rings. The highest BCUT2D eigenvalue weighted by molar-refractivity contribution is 6.08. The normalized spacial score (nSPS) is 10.5. The first-order chi connectivity index (χ1) is 8.90. The van der Waals surface area contributed by atoms with Crippen molar-refractivity contribution in [1.29, 1.82) is 0 Å². The summed E-state index contributed by atoms with van der Waals surface area (Å²) in [4.78, 5) is 12.3. The van der Waals surface area contributed by atoms with E-state index in [0.717, 1.165) is 22.6 Å². The van der Waals surface area contributed by atoms with Gasteiger partial charge in [0.25, 0.3) is 5.91 Å². The van der Waals surface area contributed by atoms with Crippen molar-refractivity contribution in [3.05, 3.63) is 40.7 Å². The first-order valence-corrected chi connectivity index (χ1v) is 6.08. The van der Waals surface area contributed by atoms with E-state index in [-0.39, 0.29) is 5.91 Å². The lowest BCUT2D eigenvalue weighted by Gasteiger charge is -2.08. The molecule has 0 aliphatic heterocycles. The second-order valence-corrected chi connectivity index (χ2v) is 4.71. The van der Waals surface area contributed by atoms with Crippen LogP contribution in [-0.2, 0) is 7.05 Å². The molecule has 0 atom stereocenters. The molecule has 5 heteroatoms. The predicted molar refractivity (Wildman–Crippen MR) is 76.2 cm³/mol. The molecule has 0 saturated heterocycles. The number of anilines is 2. The first kappa shape index (κ1) is 13.1. The number of amides is 1. The monoisotopic (exact) mass is 258 g/mol. The average Bonchev–Trinajstić information content (AvgIpc) is 2.59. The van der Waals surface area contributed by atoms with Crippen molar-refractivity contribution in [2.45, 2.75) is 20.8 Å². The summed E-state index contributed by atoms with van der Waals surface area (Å²) >= 11 is 0. The SMILES string of the molecule is Cc1ccc(N)c(C(=O)Nc2c(C)nn(C)c2C)c1. The zero-order valence-corrected chi connectivity index (χ0v) is 11.6. The molecule has 0 saturated carbocycles. The van der Waals surface area contributed by atoms with E-state index in [2.05, 4.69) is 10.4 Å². The fourth-order valence-electron chi connectivity index (χ4n) is 2.00. The van der Waals surface area contributed by atoms with Crippen LogP contribution < -0.4 is 11.1 Å². The van der Waals surface area contributed by atoms with E-state index in [1.807, 2.05) is 33.9 Å². The lowest BCUT2D eigenvalue weighted by atomic mass is 10.1. The maximum absolute atomic E-state index is 12.3. The van der Waals surface area contributed by atoms with Crippen LogP contribution in [0.15, 0.2) is 18.2 Å². The summed E-state index contributed by atoms with van der Waals surface area (Å²) in [5.41, 5.74) is 10.3. The van der Waals surface area contributed by atoms with Crippen LogP contribution in [-0.4, -0.2) is 15.7 Å². The van der Waals surface area contributed by atoms with Gasteiger partial charge in [0.2, 0.25) is 0 Å². The van der Waals surface area contributed by atoms with Crippen LogP contribution in [0.5, 0.6) is 0 Å². The van der Waals surface area contributed by atoms with Crippen molar-refractivity contribution in [2.75, 3.05) is 11.1 Å². The molecule has 100 valence electrons. The average molecular weight is 258 g/mol. The molecule has 0 unspecified atom stereocenters. The van der Waals surface area contributed by atoms with Gasteiger partial charge in [0, 0.05) is 12.7 Å². The second-order valence-electron chi connectivity index (χ2n) is 4.71. The summed E-state index contributed by atoms with van der Waals surface area (Å²) < 4.78 is 1.74. The van der Waals surface area contributed by atoms with Gasteiger partial charge in [-0.25, -0.2) is 0 Å². The van der Waals surface area contributed by atoms with E-state index in [0.29, 0.717) is 11.3 Å². The Balaban J connectivity index is 2.33. The molecular weight excluding hydrogens is 240 g/mol. The van der Waals surface area contributed by atoms with Crippen LogP contribution in [0.25, 0.3) is 0 Å². The third-order valence-electron chi connectivity index (χ3n) is 3.20. The highest BCUT2D eigenvalue weighted by atomic mass is 16.1. The Bertz CT molecular complexity index is 643. The summed E-state index contributed by atoms with van der Waals surface area (Å²) in [6, 6.07) is 5.41. The van der Waals surface area contributed by atoms with Crippen molar-refractivity contribution in [3.8, 4) is 0 Å². The molecule has 0 aliphatic carbocycles.